The first-order valence-corrected chi connectivity index (χ1v) is 9.21. The van der Waals surface area contributed by atoms with E-state index >= 15 is 0 Å². The van der Waals surface area contributed by atoms with Crippen molar-refractivity contribution in [2.45, 2.75) is 39.2 Å². The maximum atomic E-state index is 6.05. The minimum atomic E-state index is 0. The van der Waals surface area contributed by atoms with Crippen molar-refractivity contribution >= 4 is 35.6 Å². The third kappa shape index (κ3) is 5.76. The van der Waals surface area contributed by atoms with Crippen LogP contribution >= 0.6 is 24.0 Å². The van der Waals surface area contributed by atoms with Gasteiger partial charge in [0.05, 0.1) is 19.8 Å². The van der Waals surface area contributed by atoms with Crippen LogP contribution < -0.4 is 20.5 Å². The third-order valence-electron chi connectivity index (χ3n) is 4.64. The number of guanidine groups is 1. The summed E-state index contributed by atoms with van der Waals surface area (Å²) < 4.78 is 11.5. The predicted molar refractivity (Wildman–Crippen MR) is 122 cm³/mol. The van der Waals surface area contributed by atoms with Gasteiger partial charge >= 0.3 is 0 Å². The van der Waals surface area contributed by atoms with Crippen LogP contribution in [-0.4, -0.2) is 19.2 Å². The van der Waals surface area contributed by atoms with Gasteiger partial charge < -0.3 is 20.5 Å². The number of nitrogens with one attached hydrogen (secondary N) is 1. The molecule has 3 rings (SSSR count). The summed E-state index contributed by atoms with van der Waals surface area (Å²) >= 11 is 0. The topological polar surface area (TPSA) is 68.9 Å². The number of para-hydroxylation sites is 1. The van der Waals surface area contributed by atoms with E-state index in [4.69, 9.17) is 15.2 Å². The largest absolute Gasteiger partial charge is 0.490 e. The molecular weight excluding hydrogens is 453 g/mol. The second-order valence-corrected chi connectivity index (χ2v) is 6.55. The zero-order valence-corrected chi connectivity index (χ0v) is 18.2. The molecule has 27 heavy (non-hydrogen) atoms. The summed E-state index contributed by atoms with van der Waals surface area (Å²) in [4.78, 5) is 4.45. The molecule has 1 aliphatic rings. The Bertz CT molecular complexity index is 763. The van der Waals surface area contributed by atoms with Gasteiger partial charge in [-0.25, -0.2) is 4.99 Å². The smallest absolute Gasteiger partial charge is 0.193 e. The molecule has 6 heteroatoms. The van der Waals surface area contributed by atoms with E-state index in [9.17, 15) is 0 Å². The van der Waals surface area contributed by atoms with Gasteiger partial charge in [0.1, 0.15) is 0 Å². The normalized spacial score (nSPS) is 14.7. The third-order valence-corrected chi connectivity index (χ3v) is 4.64. The SMILES string of the molecule is CCC(C)c1ccc(NC(N)=NCc2cccc3c2OCCCO3)cc1.I. The lowest BCUT2D eigenvalue weighted by atomic mass is 9.99. The van der Waals surface area contributed by atoms with Crippen LogP contribution in [-0.2, 0) is 6.54 Å². The molecule has 0 aliphatic carbocycles. The first-order valence-electron chi connectivity index (χ1n) is 9.21. The summed E-state index contributed by atoms with van der Waals surface area (Å²) in [5, 5.41) is 3.14. The molecule has 0 radical (unpaired) electrons. The second kappa shape index (κ2) is 10.4. The fourth-order valence-electron chi connectivity index (χ4n) is 2.87. The molecule has 1 atom stereocenters. The Kier molecular flexibility index (Phi) is 8.22. The number of anilines is 1. The van der Waals surface area contributed by atoms with Crippen molar-refractivity contribution in [1.82, 2.24) is 0 Å². The molecule has 0 saturated carbocycles. The number of nitrogens with two attached hydrogens (primary N) is 1. The summed E-state index contributed by atoms with van der Waals surface area (Å²) in [6.45, 7) is 6.20. The van der Waals surface area contributed by atoms with Crippen LogP contribution in [0.5, 0.6) is 11.5 Å². The van der Waals surface area contributed by atoms with Gasteiger partial charge in [-0.3, -0.25) is 0 Å². The van der Waals surface area contributed by atoms with E-state index in [2.05, 4.69) is 36.3 Å². The Labute approximate surface area is 178 Å². The number of nitrogens with zero attached hydrogens (tertiary/aromatic N) is 1. The number of halogens is 1. The second-order valence-electron chi connectivity index (χ2n) is 6.55. The van der Waals surface area contributed by atoms with Crippen molar-refractivity contribution < 1.29 is 9.47 Å². The van der Waals surface area contributed by atoms with E-state index in [1.807, 2.05) is 30.3 Å². The van der Waals surface area contributed by atoms with Crippen LogP contribution in [0.2, 0.25) is 0 Å². The fraction of sp³-hybridized carbons (Fsp3) is 0.381. The molecule has 0 amide bonds. The molecule has 1 unspecified atom stereocenters. The van der Waals surface area contributed by atoms with Gasteiger partial charge in [-0.2, -0.15) is 0 Å². The molecular formula is C21H28IN3O2. The van der Waals surface area contributed by atoms with Crippen LogP contribution in [0.15, 0.2) is 47.5 Å². The highest BCUT2D eigenvalue weighted by molar-refractivity contribution is 14.0. The number of fused-ring (bicyclic) bond motifs is 1. The number of aliphatic imine (C=N–C) groups is 1. The van der Waals surface area contributed by atoms with Crippen LogP contribution in [0.4, 0.5) is 5.69 Å². The molecule has 5 nitrogen and oxygen atoms in total. The van der Waals surface area contributed by atoms with E-state index in [1.165, 1.54) is 5.56 Å². The number of rotatable bonds is 5. The Morgan fingerprint density at radius 3 is 2.63 bits per heavy atom. The molecule has 146 valence electrons. The minimum Gasteiger partial charge on any atom is -0.490 e. The Hall–Kier alpha value is -1.96. The van der Waals surface area contributed by atoms with Crippen molar-refractivity contribution in [1.29, 1.82) is 0 Å². The molecule has 2 aromatic carbocycles. The quantitative estimate of drug-likeness (QED) is 0.362. The lowest BCUT2D eigenvalue weighted by molar-refractivity contribution is 0.296. The molecule has 0 spiro atoms. The highest BCUT2D eigenvalue weighted by atomic mass is 127. The highest BCUT2D eigenvalue weighted by Gasteiger charge is 2.14. The molecule has 0 fully saturated rings. The fourth-order valence-corrected chi connectivity index (χ4v) is 2.87. The van der Waals surface area contributed by atoms with Crippen molar-refractivity contribution in [3.63, 3.8) is 0 Å². The minimum absolute atomic E-state index is 0. The summed E-state index contributed by atoms with van der Waals surface area (Å²) in [5.74, 6) is 2.50. The molecule has 1 heterocycles. The summed E-state index contributed by atoms with van der Waals surface area (Å²) in [6, 6.07) is 14.2. The van der Waals surface area contributed by atoms with E-state index in [0.717, 1.165) is 35.6 Å². The number of ether oxygens (including phenoxy) is 2. The Balaban J connectivity index is 0.00000261. The monoisotopic (exact) mass is 481 g/mol. The zero-order valence-electron chi connectivity index (χ0n) is 15.9. The molecule has 0 aromatic heterocycles. The predicted octanol–water partition coefficient (Wildman–Crippen LogP) is 4.91. The zero-order chi connectivity index (χ0) is 18.4. The Morgan fingerprint density at radius 2 is 1.89 bits per heavy atom. The van der Waals surface area contributed by atoms with Crippen LogP contribution in [0.3, 0.4) is 0 Å². The maximum absolute atomic E-state index is 6.05. The van der Waals surface area contributed by atoms with Crippen LogP contribution in [0, 0.1) is 0 Å². The lowest BCUT2D eigenvalue weighted by Gasteiger charge is -2.12. The standard InChI is InChI=1S/C21H27N3O2.HI/c1-3-15(2)16-8-10-18(11-9-16)24-21(22)23-14-17-6-4-7-19-20(17)26-13-5-12-25-19;/h4,6-11,15H,3,5,12-14H2,1-2H3,(H3,22,23,24);1H. The van der Waals surface area contributed by atoms with Crippen LogP contribution in [0.25, 0.3) is 0 Å². The first-order chi connectivity index (χ1) is 12.7. The number of hydrogen-bond acceptors (Lipinski definition) is 3. The molecule has 3 N–H and O–H groups in total. The molecule has 2 aromatic rings. The van der Waals surface area contributed by atoms with E-state index in [0.29, 0.717) is 31.6 Å². The molecule has 0 saturated heterocycles. The van der Waals surface area contributed by atoms with Crippen molar-refractivity contribution in [2.75, 3.05) is 18.5 Å². The average molecular weight is 481 g/mol. The van der Waals surface area contributed by atoms with Gasteiger partial charge in [0.2, 0.25) is 0 Å². The number of benzene rings is 2. The van der Waals surface area contributed by atoms with Gasteiger partial charge in [-0.1, -0.05) is 38.1 Å². The summed E-state index contributed by atoms with van der Waals surface area (Å²) in [5.41, 5.74) is 9.29. The van der Waals surface area contributed by atoms with Crippen molar-refractivity contribution in [3.05, 3.63) is 53.6 Å². The van der Waals surface area contributed by atoms with Gasteiger partial charge in [0.15, 0.2) is 17.5 Å². The summed E-state index contributed by atoms with van der Waals surface area (Å²) in [7, 11) is 0. The van der Waals surface area contributed by atoms with Gasteiger partial charge in [-0.15, -0.1) is 24.0 Å². The van der Waals surface area contributed by atoms with Crippen molar-refractivity contribution in [2.24, 2.45) is 10.7 Å². The number of hydrogen-bond donors (Lipinski definition) is 2. The van der Waals surface area contributed by atoms with E-state index < -0.39 is 0 Å². The van der Waals surface area contributed by atoms with Gasteiger partial charge in [0, 0.05) is 17.7 Å². The van der Waals surface area contributed by atoms with Crippen LogP contribution in [0.1, 0.15) is 43.7 Å². The van der Waals surface area contributed by atoms with Crippen molar-refractivity contribution in [3.8, 4) is 11.5 Å². The first kappa shape index (κ1) is 21.3. The van der Waals surface area contributed by atoms with E-state index in [1.54, 1.807) is 0 Å². The summed E-state index contributed by atoms with van der Waals surface area (Å²) in [6.07, 6.45) is 2.01. The lowest BCUT2D eigenvalue weighted by Crippen LogP contribution is -2.22. The highest BCUT2D eigenvalue weighted by Crippen LogP contribution is 2.33. The van der Waals surface area contributed by atoms with E-state index in [-0.39, 0.29) is 24.0 Å². The molecule has 1 aliphatic heterocycles. The average Bonchev–Trinajstić information content (AvgIpc) is 2.92. The molecule has 0 bridgehead atoms. The van der Waals surface area contributed by atoms with Gasteiger partial charge in [0.25, 0.3) is 0 Å². The Morgan fingerprint density at radius 1 is 1.15 bits per heavy atom. The van der Waals surface area contributed by atoms with Gasteiger partial charge in [-0.05, 0) is 36.1 Å². The maximum Gasteiger partial charge on any atom is 0.193 e.